The second kappa shape index (κ2) is 3.96. The minimum atomic E-state index is 0.513. The zero-order chi connectivity index (χ0) is 10.7. The minimum Gasteiger partial charge on any atom is -0.439 e. The van der Waals surface area contributed by atoms with Gasteiger partial charge in [0, 0.05) is 23.5 Å². The molecule has 0 aliphatic rings. The third-order valence-electron chi connectivity index (χ3n) is 2.10. The predicted octanol–water partition coefficient (Wildman–Crippen LogP) is 2.16. The number of aromatic nitrogens is 2. The number of hydrogen-bond donors (Lipinski definition) is 1. The van der Waals surface area contributed by atoms with Gasteiger partial charge in [0.25, 0.3) is 0 Å². The minimum absolute atomic E-state index is 0.513. The van der Waals surface area contributed by atoms with E-state index in [1.807, 2.05) is 25.1 Å². The summed E-state index contributed by atoms with van der Waals surface area (Å²) in [4.78, 5) is 7.78. The average Bonchev–Trinajstić information content (AvgIpc) is 2.26. The van der Waals surface area contributed by atoms with Crippen molar-refractivity contribution in [3.05, 3.63) is 42.4 Å². The third kappa shape index (κ3) is 2.04. The van der Waals surface area contributed by atoms with Crippen molar-refractivity contribution in [2.45, 2.75) is 6.92 Å². The summed E-state index contributed by atoms with van der Waals surface area (Å²) in [5.41, 5.74) is 7.38. The van der Waals surface area contributed by atoms with Gasteiger partial charge in [-0.1, -0.05) is 6.07 Å². The summed E-state index contributed by atoms with van der Waals surface area (Å²) in [5.74, 6) is 1.23. The molecule has 4 heteroatoms. The van der Waals surface area contributed by atoms with Crippen LogP contribution < -0.4 is 10.5 Å². The Morgan fingerprint density at radius 3 is 2.87 bits per heavy atom. The Bertz CT molecular complexity index is 457. The number of benzene rings is 1. The topological polar surface area (TPSA) is 61.0 Å². The van der Waals surface area contributed by atoms with Crippen molar-refractivity contribution < 1.29 is 4.74 Å². The van der Waals surface area contributed by atoms with Crippen LogP contribution in [0.2, 0.25) is 0 Å². The molecule has 1 heterocycles. The standard InChI is InChI=1S/C11H11N3O/c1-8-9(12)3-2-4-10(8)15-11-5-6-13-7-14-11/h2-7H,12H2,1H3. The summed E-state index contributed by atoms with van der Waals surface area (Å²) in [6.07, 6.45) is 3.07. The molecule has 0 aliphatic carbocycles. The van der Waals surface area contributed by atoms with Crippen LogP contribution in [0, 0.1) is 6.92 Å². The van der Waals surface area contributed by atoms with Crippen molar-refractivity contribution in [2.75, 3.05) is 5.73 Å². The molecular weight excluding hydrogens is 190 g/mol. The summed E-state index contributed by atoms with van der Waals surface area (Å²) < 4.78 is 5.56. The second-order valence-electron chi connectivity index (χ2n) is 3.12. The van der Waals surface area contributed by atoms with Crippen LogP contribution in [0.25, 0.3) is 0 Å². The quantitative estimate of drug-likeness (QED) is 0.756. The van der Waals surface area contributed by atoms with E-state index in [1.165, 1.54) is 6.33 Å². The highest BCUT2D eigenvalue weighted by Gasteiger charge is 2.03. The fourth-order valence-corrected chi connectivity index (χ4v) is 1.19. The number of hydrogen-bond acceptors (Lipinski definition) is 4. The van der Waals surface area contributed by atoms with Gasteiger partial charge in [-0.15, -0.1) is 0 Å². The van der Waals surface area contributed by atoms with Crippen LogP contribution in [-0.4, -0.2) is 9.97 Å². The van der Waals surface area contributed by atoms with Crippen molar-refractivity contribution in [3.63, 3.8) is 0 Å². The van der Waals surface area contributed by atoms with Gasteiger partial charge in [-0.3, -0.25) is 0 Å². The Morgan fingerprint density at radius 1 is 1.27 bits per heavy atom. The van der Waals surface area contributed by atoms with Crippen molar-refractivity contribution in [1.29, 1.82) is 0 Å². The Hall–Kier alpha value is -2.10. The smallest absolute Gasteiger partial charge is 0.222 e. The van der Waals surface area contributed by atoms with Gasteiger partial charge in [0.05, 0.1) is 0 Å². The Kier molecular flexibility index (Phi) is 2.49. The predicted molar refractivity (Wildman–Crippen MR) is 57.7 cm³/mol. The SMILES string of the molecule is Cc1c(N)cccc1Oc1ccncn1. The van der Waals surface area contributed by atoms with Crippen LogP contribution in [0.3, 0.4) is 0 Å². The first-order chi connectivity index (χ1) is 7.27. The van der Waals surface area contributed by atoms with Crippen molar-refractivity contribution in [3.8, 4) is 11.6 Å². The van der Waals surface area contributed by atoms with Gasteiger partial charge >= 0.3 is 0 Å². The molecule has 2 aromatic rings. The molecule has 76 valence electrons. The number of anilines is 1. The molecule has 2 rings (SSSR count). The number of nitrogen functional groups attached to an aromatic ring is 1. The number of ether oxygens (including phenoxy) is 1. The van der Waals surface area contributed by atoms with Crippen LogP contribution in [-0.2, 0) is 0 Å². The number of nitrogens with two attached hydrogens (primary N) is 1. The molecule has 0 saturated carbocycles. The van der Waals surface area contributed by atoms with Gasteiger partial charge in [0.2, 0.25) is 5.88 Å². The maximum absolute atomic E-state index is 5.76. The number of nitrogens with zero attached hydrogens (tertiary/aromatic N) is 2. The van der Waals surface area contributed by atoms with Crippen molar-refractivity contribution >= 4 is 5.69 Å². The van der Waals surface area contributed by atoms with Gasteiger partial charge in [0.15, 0.2) is 0 Å². The molecule has 0 unspecified atom stereocenters. The normalized spacial score (nSPS) is 9.93. The van der Waals surface area contributed by atoms with E-state index < -0.39 is 0 Å². The molecule has 0 radical (unpaired) electrons. The fourth-order valence-electron chi connectivity index (χ4n) is 1.19. The van der Waals surface area contributed by atoms with Crippen molar-refractivity contribution in [2.24, 2.45) is 0 Å². The monoisotopic (exact) mass is 201 g/mol. The van der Waals surface area contributed by atoms with Crippen LogP contribution in [0.1, 0.15) is 5.56 Å². The maximum Gasteiger partial charge on any atom is 0.222 e. The molecule has 15 heavy (non-hydrogen) atoms. The lowest BCUT2D eigenvalue weighted by atomic mass is 10.2. The lowest BCUT2D eigenvalue weighted by molar-refractivity contribution is 0.458. The highest BCUT2D eigenvalue weighted by Crippen LogP contribution is 2.26. The Balaban J connectivity index is 2.29. The van der Waals surface area contributed by atoms with Crippen LogP contribution >= 0.6 is 0 Å². The molecule has 0 bridgehead atoms. The highest BCUT2D eigenvalue weighted by molar-refractivity contribution is 5.53. The molecule has 0 aliphatic heterocycles. The van der Waals surface area contributed by atoms with E-state index in [1.54, 1.807) is 12.3 Å². The molecule has 0 saturated heterocycles. The molecule has 0 spiro atoms. The Labute approximate surface area is 87.7 Å². The molecular formula is C11H11N3O. The van der Waals surface area contributed by atoms with E-state index in [4.69, 9.17) is 10.5 Å². The zero-order valence-corrected chi connectivity index (χ0v) is 8.34. The van der Waals surface area contributed by atoms with Gasteiger partial charge in [-0.25, -0.2) is 9.97 Å². The molecule has 0 amide bonds. The first-order valence-electron chi connectivity index (χ1n) is 4.56. The largest absolute Gasteiger partial charge is 0.439 e. The fraction of sp³-hybridized carbons (Fsp3) is 0.0909. The first kappa shape index (κ1) is 9.45. The van der Waals surface area contributed by atoms with E-state index in [0.717, 1.165) is 5.56 Å². The Morgan fingerprint density at radius 2 is 2.13 bits per heavy atom. The average molecular weight is 201 g/mol. The summed E-state index contributed by atoms with van der Waals surface area (Å²) in [6, 6.07) is 7.23. The van der Waals surface area contributed by atoms with Gasteiger partial charge < -0.3 is 10.5 Å². The van der Waals surface area contributed by atoms with Gasteiger partial charge in [0.1, 0.15) is 12.1 Å². The van der Waals surface area contributed by atoms with E-state index in [-0.39, 0.29) is 0 Å². The van der Waals surface area contributed by atoms with E-state index in [9.17, 15) is 0 Å². The molecule has 0 atom stereocenters. The van der Waals surface area contributed by atoms with Crippen LogP contribution in [0.5, 0.6) is 11.6 Å². The van der Waals surface area contributed by atoms with E-state index in [0.29, 0.717) is 17.3 Å². The zero-order valence-electron chi connectivity index (χ0n) is 8.34. The van der Waals surface area contributed by atoms with Crippen LogP contribution in [0.15, 0.2) is 36.8 Å². The van der Waals surface area contributed by atoms with Gasteiger partial charge in [-0.05, 0) is 19.1 Å². The molecule has 0 fully saturated rings. The summed E-state index contributed by atoms with van der Waals surface area (Å²) in [5, 5.41) is 0. The second-order valence-corrected chi connectivity index (χ2v) is 3.12. The molecule has 4 nitrogen and oxygen atoms in total. The van der Waals surface area contributed by atoms with Crippen LogP contribution in [0.4, 0.5) is 5.69 Å². The van der Waals surface area contributed by atoms with Crippen molar-refractivity contribution in [1.82, 2.24) is 9.97 Å². The maximum atomic E-state index is 5.76. The number of rotatable bonds is 2. The van der Waals surface area contributed by atoms with Gasteiger partial charge in [-0.2, -0.15) is 0 Å². The lowest BCUT2D eigenvalue weighted by Crippen LogP contribution is -1.94. The summed E-state index contributed by atoms with van der Waals surface area (Å²) in [7, 11) is 0. The molecule has 1 aromatic heterocycles. The highest BCUT2D eigenvalue weighted by atomic mass is 16.5. The van der Waals surface area contributed by atoms with E-state index >= 15 is 0 Å². The first-order valence-corrected chi connectivity index (χ1v) is 4.56. The summed E-state index contributed by atoms with van der Waals surface area (Å²) in [6.45, 7) is 1.91. The molecule has 1 aromatic carbocycles. The van der Waals surface area contributed by atoms with E-state index in [2.05, 4.69) is 9.97 Å². The molecule has 2 N–H and O–H groups in total. The summed E-state index contributed by atoms with van der Waals surface area (Å²) >= 11 is 0. The lowest BCUT2D eigenvalue weighted by Gasteiger charge is -2.08. The third-order valence-corrected chi connectivity index (χ3v) is 2.10.